The molecule has 3 aliphatic rings. The number of methoxy groups -OCH3 is 1. The second kappa shape index (κ2) is 9.21. The van der Waals surface area contributed by atoms with Gasteiger partial charge >= 0.3 is 0 Å². The highest BCUT2D eigenvalue weighted by molar-refractivity contribution is 6.35. The van der Waals surface area contributed by atoms with Crippen molar-refractivity contribution in [1.29, 1.82) is 0 Å². The monoisotopic (exact) mass is 447 g/mol. The summed E-state index contributed by atoms with van der Waals surface area (Å²) in [5.41, 5.74) is 1.80. The Hall–Kier alpha value is -3.42. The molecule has 1 aromatic heterocycles. The zero-order valence-electron chi connectivity index (χ0n) is 18.9. The molecule has 2 fully saturated rings. The maximum absolute atomic E-state index is 13.7. The molecule has 1 saturated heterocycles. The third-order valence-corrected chi connectivity index (χ3v) is 6.84. The second-order valence-electron chi connectivity index (χ2n) is 8.75. The van der Waals surface area contributed by atoms with Gasteiger partial charge < -0.3 is 14.5 Å². The van der Waals surface area contributed by atoms with Gasteiger partial charge in [0.05, 0.1) is 12.7 Å². The number of hydrogen-bond acceptors (Lipinski definition) is 7. The number of amides is 2. The van der Waals surface area contributed by atoms with Crippen molar-refractivity contribution in [2.45, 2.75) is 38.1 Å². The smallest absolute Gasteiger partial charge is 0.278 e. The average molecular weight is 448 g/mol. The Morgan fingerprint density at radius 1 is 0.848 bits per heavy atom. The normalized spacial score (nSPS) is 20.1. The standard InChI is InChI=1S/C25H29N5O3/c1-33-20-10-8-18(9-11-20)21-22(24(32)30(23(21)31)19-6-3-2-4-7-19)28-14-16-29(17-15-28)25-26-12-5-13-27-25/h5,8-13,19H,2-4,6-7,14-17H2,1H3. The van der Waals surface area contributed by atoms with Gasteiger partial charge in [0.25, 0.3) is 11.8 Å². The molecule has 0 N–H and O–H groups in total. The predicted molar refractivity (Wildman–Crippen MR) is 124 cm³/mol. The molecular formula is C25H29N5O3. The highest BCUT2D eigenvalue weighted by Gasteiger charge is 2.45. The quantitative estimate of drug-likeness (QED) is 0.652. The molecule has 2 aliphatic heterocycles. The number of rotatable bonds is 5. The Labute approximate surface area is 193 Å². The number of benzene rings is 1. The van der Waals surface area contributed by atoms with Gasteiger partial charge in [0.1, 0.15) is 11.4 Å². The van der Waals surface area contributed by atoms with Crippen LogP contribution < -0.4 is 9.64 Å². The third kappa shape index (κ3) is 4.05. The fraction of sp³-hybridized carbons (Fsp3) is 0.440. The molecule has 8 nitrogen and oxygen atoms in total. The first-order valence-electron chi connectivity index (χ1n) is 11.7. The Balaban J connectivity index is 1.45. The van der Waals surface area contributed by atoms with Gasteiger partial charge in [0.15, 0.2) is 0 Å². The highest BCUT2D eigenvalue weighted by atomic mass is 16.5. The first kappa shape index (κ1) is 21.4. The molecule has 5 rings (SSSR count). The molecule has 172 valence electrons. The lowest BCUT2D eigenvalue weighted by Crippen LogP contribution is -2.49. The molecule has 0 unspecified atom stereocenters. The van der Waals surface area contributed by atoms with Gasteiger partial charge in [-0.15, -0.1) is 0 Å². The van der Waals surface area contributed by atoms with Gasteiger partial charge in [-0.05, 0) is 36.6 Å². The van der Waals surface area contributed by atoms with E-state index in [4.69, 9.17) is 4.74 Å². The largest absolute Gasteiger partial charge is 0.497 e. The van der Waals surface area contributed by atoms with Crippen LogP contribution in [0.4, 0.5) is 5.95 Å². The van der Waals surface area contributed by atoms with E-state index < -0.39 is 0 Å². The molecule has 1 saturated carbocycles. The molecule has 0 atom stereocenters. The number of carbonyl (C=O) groups is 2. The number of aromatic nitrogens is 2. The summed E-state index contributed by atoms with van der Waals surface area (Å²) in [6.45, 7) is 2.64. The lowest BCUT2D eigenvalue weighted by molar-refractivity contribution is -0.141. The van der Waals surface area contributed by atoms with Gasteiger partial charge in [-0.3, -0.25) is 14.5 Å². The van der Waals surface area contributed by atoms with Crippen LogP contribution in [0.1, 0.15) is 37.7 Å². The molecule has 1 aliphatic carbocycles. The van der Waals surface area contributed by atoms with Crippen molar-refractivity contribution in [3.63, 3.8) is 0 Å². The number of ether oxygens (including phenoxy) is 1. The van der Waals surface area contributed by atoms with E-state index in [-0.39, 0.29) is 17.9 Å². The number of anilines is 1. The molecule has 0 spiro atoms. The number of carbonyl (C=O) groups excluding carboxylic acids is 2. The summed E-state index contributed by atoms with van der Waals surface area (Å²) in [5.74, 6) is 1.10. The molecule has 3 heterocycles. The van der Waals surface area contributed by atoms with Crippen LogP contribution in [0.15, 0.2) is 48.4 Å². The van der Waals surface area contributed by atoms with Crippen LogP contribution in [-0.2, 0) is 9.59 Å². The van der Waals surface area contributed by atoms with E-state index >= 15 is 0 Å². The lowest BCUT2D eigenvalue weighted by Gasteiger charge is -2.37. The summed E-state index contributed by atoms with van der Waals surface area (Å²) in [4.78, 5) is 41.8. The van der Waals surface area contributed by atoms with E-state index in [2.05, 4.69) is 19.8 Å². The van der Waals surface area contributed by atoms with Crippen molar-refractivity contribution in [3.05, 3.63) is 54.0 Å². The molecule has 0 bridgehead atoms. The summed E-state index contributed by atoms with van der Waals surface area (Å²) in [5, 5.41) is 0. The van der Waals surface area contributed by atoms with Gasteiger partial charge in [-0.1, -0.05) is 31.4 Å². The summed E-state index contributed by atoms with van der Waals surface area (Å²) in [6.07, 6.45) is 8.54. The molecule has 33 heavy (non-hydrogen) atoms. The molecule has 0 radical (unpaired) electrons. The minimum Gasteiger partial charge on any atom is -0.497 e. The van der Waals surface area contributed by atoms with Crippen molar-refractivity contribution < 1.29 is 14.3 Å². The average Bonchev–Trinajstić information content (AvgIpc) is 3.15. The van der Waals surface area contributed by atoms with Gasteiger partial charge in [0.2, 0.25) is 5.95 Å². The first-order chi connectivity index (χ1) is 16.2. The summed E-state index contributed by atoms with van der Waals surface area (Å²) >= 11 is 0. The summed E-state index contributed by atoms with van der Waals surface area (Å²) < 4.78 is 5.29. The Bertz CT molecular complexity index is 1040. The van der Waals surface area contributed by atoms with Gasteiger partial charge in [0, 0.05) is 44.6 Å². The lowest BCUT2D eigenvalue weighted by atomic mass is 9.94. The van der Waals surface area contributed by atoms with Crippen molar-refractivity contribution >= 4 is 23.3 Å². The maximum Gasteiger partial charge on any atom is 0.278 e. The van der Waals surface area contributed by atoms with E-state index in [0.29, 0.717) is 43.4 Å². The fourth-order valence-electron chi connectivity index (χ4n) is 5.10. The molecular weight excluding hydrogens is 418 g/mol. The zero-order chi connectivity index (χ0) is 22.8. The zero-order valence-corrected chi connectivity index (χ0v) is 18.9. The van der Waals surface area contributed by atoms with Crippen molar-refractivity contribution in [2.75, 3.05) is 38.2 Å². The van der Waals surface area contributed by atoms with Crippen molar-refractivity contribution in [1.82, 2.24) is 19.8 Å². The number of nitrogens with zero attached hydrogens (tertiary/aromatic N) is 5. The molecule has 2 aromatic rings. The summed E-state index contributed by atoms with van der Waals surface area (Å²) in [6, 6.07) is 9.21. The predicted octanol–water partition coefficient (Wildman–Crippen LogP) is 2.72. The second-order valence-corrected chi connectivity index (χ2v) is 8.75. The van der Waals surface area contributed by atoms with E-state index in [1.165, 1.54) is 6.42 Å². The van der Waals surface area contributed by atoms with Crippen LogP contribution in [0.5, 0.6) is 5.75 Å². The molecule has 1 aromatic carbocycles. The fourth-order valence-corrected chi connectivity index (χ4v) is 5.10. The SMILES string of the molecule is COc1ccc(C2=C(N3CCN(c4ncccn4)CC3)C(=O)N(C3CCCCC3)C2=O)cc1. The number of piperazine rings is 1. The number of imide groups is 1. The van der Waals surface area contributed by atoms with E-state index in [1.54, 1.807) is 30.5 Å². The van der Waals surface area contributed by atoms with Crippen LogP contribution in [-0.4, -0.2) is 70.9 Å². The van der Waals surface area contributed by atoms with E-state index in [9.17, 15) is 9.59 Å². The Morgan fingerprint density at radius 3 is 2.12 bits per heavy atom. The highest BCUT2D eigenvalue weighted by Crippen LogP contribution is 2.37. The Morgan fingerprint density at radius 2 is 1.48 bits per heavy atom. The number of hydrogen-bond donors (Lipinski definition) is 0. The summed E-state index contributed by atoms with van der Waals surface area (Å²) in [7, 11) is 1.62. The molecule has 8 heteroatoms. The topological polar surface area (TPSA) is 78.9 Å². The van der Waals surface area contributed by atoms with Gasteiger partial charge in [-0.2, -0.15) is 0 Å². The van der Waals surface area contributed by atoms with Crippen LogP contribution in [0.3, 0.4) is 0 Å². The molecule has 2 amide bonds. The van der Waals surface area contributed by atoms with Crippen LogP contribution in [0, 0.1) is 0 Å². The van der Waals surface area contributed by atoms with E-state index in [1.807, 2.05) is 24.3 Å². The minimum absolute atomic E-state index is 0.0106. The Kier molecular flexibility index (Phi) is 5.98. The van der Waals surface area contributed by atoms with Crippen LogP contribution in [0.2, 0.25) is 0 Å². The van der Waals surface area contributed by atoms with Gasteiger partial charge in [-0.25, -0.2) is 9.97 Å². The van der Waals surface area contributed by atoms with Crippen LogP contribution in [0.25, 0.3) is 5.57 Å². The first-order valence-corrected chi connectivity index (χ1v) is 11.7. The van der Waals surface area contributed by atoms with Crippen molar-refractivity contribution in [3.8, 4) is 5.75 Å². The van der Waals surface area contributed by atoms with E-state index in [0.717, 1.165) is 37.0 Å². The maximum atomic E-state index is 13.7. The van der Waals surface area contributed by atoms with Crippen molar-refractivity contribution in [2.24, 2.45) is 0 Å². The van der Waals surface area contributed by atoms with Crippen LogP contribution >= 0.6 is 0 Å². The minimum atomic E-state index is -0.166. The third-order valence-electron chi connectivity index (χ3n) is 6.84.